The van der Waals surface area contributed by atoms with Gasteiger partial charge in [0.1, 0.15) is 6.04 Å². The molecule has 0 amide bonds. The Hall–Kier alpha value is -1.75. The number of thioether (sulfide) groups is 1. The third kappa shape index (κ3) is 2.59. The van der Waals surface area contributed by atoms with Gasteiger partial charge in [0.25, 0.3) is 0 Å². The van der Waals surface area contributed by atoms with Crippen LogP contribution in [0.2, 0.25) is 0 Å². The summed E-state index contributed by atoms with van der Waals surface area (Å²) in [5.74, 6) is 0. The molecule has 4 heterocycles. The van der Waals surface area contributed by atoms with E-state index in [2.05, 4.69) is 68.1 Å². The highest BCUT2D eigenvalue weighted by atomic mass is 32.2. The largest absolute Gasteiger partial charge is 0.346 e. The molecule has 0 aromatic carbocycles. The van der Waals surface area contributed by atoms with Crippen molar-refractivity contribution in [2.75, 3.05) is 6.54 Å². The van der Waals surface area contributed by atoms with Crippen LogP contribution in [0.4, 0.5) is 0 Å². The molecule has 1 saturated heterocycles. The minimum atomic E-state index is 0.0750. The molecule has 2 aliphatic heterocycles. The molecule has 5 heteroatoms. The van der Waals surface area contributed by atoms with Gasteiger partial charge >= 0.3 is 0 Å². The van der Waals surface area contributed by atoms with Gasteiger partial charge in [-0.05, 0) is 52.3 Å². The lowest BCUT2D eigenvalue weighted by Gasteiger charge is -2.28. The van der Waals surface area contributed by atoms with Gasteiger partial charge < -0.3 is 9.47 Å². The molecule has 138 valence electrons. The maximum Gasteiger partial charge on any atom is 0.160 e. The van der Waals surface area contributed by atoms with Crippen molar-refractivity contribution in [1.82, 2.24) is 14.5 Å². The number of aliphatic imine (C=N–C) groups is 1. The van der Waals surface area contributed by atoms with Gasteiger partial charge in [-0.2, -0.15) is 0 Å². The van der Waals surface area contributed by atoms with E-state index in [0.717, 1.165) is 12.2 Å². The van der Waals surface area contributed by atoms with Gasteiger partial charge in [-0.3, -0.25) is 9.98 Å². The molecule has 0 aliphatic carbocycles. The number of fused-ring (bicyclic) bond motifs is 1. The van der Waals surface area contributed by atoms with Crippen LogP contribution in [0.5, 0.6) is 0 Å². The Kier molecular flexibility index (Phi) is 4.38. The number of amidine groups is 1. The van der Waals surface area contributed by atoms with E-state index in [1.807, 2.05) is 24.0 Å². The lowest BCUT2D eigenvalue weighted by Crippen LogP contribution is -2.29. The highest BCUT2D eigenvalue weighted by molar-refractivity contribution is 8.14. The number of nitrogens with zero attached hydrogens (tertiary/aromatic N) is 4. The van der Waals surface area contributed by atoms with Crippen LogP contribution in [0.1, 0.15) is 67.1 Å². The van der Waals surface area contributed by atoms with Crippen LogP contribution in [0, 0.1) is 20.8 Å². The monoisotopic (exact) mass is 368 g/mol. The van der Waals surface area contributed by atoms with Crippen LogP contribution in [0.25, 0.3) is 0 Å². The van der Waals surface area contributed by atoms with E-state index in [-0.39, 0.29) is 12.1 Å². The first kappa shape index (κ1) is 17.7. The van der Waals surface area contributed by atoms with E-state index in [4.69, 9.17) is 4.99 Å². The molecule has 1 fully saturated rings. The predicted octanol–water partition coefficient (Wildman–Crippen LogP) is 4.98. The zero-order valence-corrected chi connectivity index (χ0v) is 17.3. The third-order valence-corrected chi connectivity index (χ3v) is 6.85. The predicted molar refractivity (Wildman–Crippen MR) is 110 cm³/mol. The SMILES string of the molecule is Cc1c(C2C(c3ccccn3)N=C3SC(C)CN32)c(C)n(C(C)C)c1C. The van der Waals surface area contributed by atoms with Crippen LogP contribution in [-0.4, -0.2) is 31.4 Å². The van der Waals surface area contributed by atoms with Crippen molar-refractivity contribution in [3.63, 3.8) is 0 Å². The molecule has 4 nitrogen and oxygen atoms in total. The highest BCUT2D eigenvalue weighted by Gasteiger charge is 2.45. The standard InChI is InChI=1S/C21H28N4S/c1-12(2)25-15(5)14(4)18(16(25)6)20-19(17-9-7-8-10-22-17)23-21-24(20)11-13(3)26-21/h7-10,12-13,19-20H,11H2,1-6H3. The summed E-state index contributed by atoms with van der Waals surface area (Å²) < 4.78 is 2.48. The second-order valence-electron chi connectivity index (χ2n) is 7.81. The van der Waals surface area contributed by atoms with Gasteiger partial charge in [0, 0.05) is 41.0 Å². The van der Waals surface area contributed by atoms with Gasteiger partial charge in [-0.25, -0.2) is 0 Å². The number of hydrogen-bond acceptors (Lipinski definition) is 4. The topological polar surface area (TPSA) is 33.4 Å². The number of pyridine rings is 1. The van der Waals surface area contributed by atoms with Gasteiger partial charge in [-0.1, -0.05) is 24.8 Å². The molecular formula is C21H28N4S. The number of aromatic nitrogens is 2. The molecule has 0 N–H and O–H groups in total. The smallest absolute Gasteiger partial charge is 0.160 e. The van der Waals surface area contributed by atoms with E-state index >= 15 is 0 Å². The number of rotatable bonds is 3. The zero-order valence-electron chi connectivity index (χ0n) is 16.5. The average Bonchev–Trinajstić information content (AvgIpc) is 3.18. The van der Waals surface area contributed by atoms with Crippen LogP contribution in [0.15, 0.2) is 29.4 Å². The summed E-state index contributed by atoms with van der Waals surface area (Å²) in [5.41, 5.74) is 6.67. The molecule has 0 spiro atoms. The van der Waals surface area contributed by atoms with Crippen molar-refractivity contribution in [3.05, 3.63) is 52.6 Å². The Balaban J connectivity index is 1.87. The van der Waals surface area contributed by atoms with Crippen molar-refractivity contribution in [3.8, 4) is 0 Å². The molecule has 2 aromatic rings. The fourth-order valence-corrected chi connectivity index (χ4v) is 5.76. The minimum Gasteiger partial charge on any atom is -0.346 e. The normalized spacial score (nSPS) is 25.1. The van der Waals surface area contributed by atoms with Crippen molar-refractivity contribution in [2.45, 2.75) is 64.9 Å². The van der Waals surface area contributed by atoms with Gasteiger partial charge in [-0.15, -0.1) is 0 Å². The van der Waals surface area contributed by atoms with E-state index in [1.54, 1.807) is 0 Å². The molecule has 2 aliphatic rings. The second-order valence-corrected chi connectivity index (χ2v) is 9.22. The van der Waals surface area contributed by atoms with E-state index < -0.39 is 0 Å². The molecule has 4 rings (SSSR count). The molecule has 0 radical (unpaired) electrons. The molecule has 3 unspecified atom stereocenters. The second kappa shape index (κ2) is 6.45. The Bertz CT molecular complexity index is 853. The van der Waals surface area contributed by atoms with Crippen molar-refractivity contribution >= 4 is 16.9 Å². The van der Waals surface area contributed by atoms with E-state index in [0.29, 0.717) is 11.3 Å². The van der Waals surface area contributed by atoms with E-state index in [1.165, 1.54) is 27.7 Å². The van der Waals surface area contributed by atoms with Crippen LogP contribution < -0.4 is 0 Å². The summed E-state index contributed by atoms with van der Waals surface area (Å²) in [4.78, 5) is 12.3. The molecule has 2 aromatic heterocycles. The summed E-state index contributed by atoms with van der Waals surface area (Å²) in [6.07, 6.45) is 1.88. The Labute approximate surface area is 160 Å². The number of hydrogen-bond donors (Lipinski definition) is 0. The first-order chi connectivity index (χ1) is 12.4. The first-order valence-electron chi connectivity index (χ1n) is 9.50. The Morgan fingerprint density at radius 2 is 1.92 bits per heavy atom. The summed E-state index contributed by atoms with van der Waals surface area (Å²) in [5, 5.41) is 1.78. The summed E-state index contributed by atoms with van der Waals surface area (Å²) in [7, 11) is 0. The molecular weight excluding hydrogens is 340 g/mol. The van der Waals surface area contributed by atoms with Crippen LogP contribution in [0.3, 0.4) is 0 Å². The quantitative estimate of drug-likeness (QED) is 0.766. The Morgan fingerprint density at radius 3 is 2.54 bits per heavy atom. The maximum atomic E-state index is 5.13. The minimum absolute atomic E-state index is 0.0750. The first-order valence-corrected chi connectivity index (χ1v) is 10.4. The molecule has 26 heavy (non-hydrogen) atoms. The van der Waals surface area contributed by atoms with Gasteiger partial charge in [0.15, 0.2) is 5.17 Å². The van der Waals surface area contributed by atoms with Crippen molar-refractivity contribution < 1.29 is 0 Å². The maximum absolute atomic E-state index is 5.13. The van der Waals surface area contributed by atoms with Crippen molar-refractivity contribution in [1.29, 1.82) is 0 Å². The molecule has 0 bridgehead atoms. The van der Waals surface area contributed by atoms with E-state index in [9.17, 15) is 0 Å². The van der Waals surface area contributed by atoms with Crippen molar-refractivity contribution in [2.24, 2.45) is 4.99 Å². The third-order valence-electron chi connectivity index (χ3n) is 5.75. The van der Waals surface area contributed by atoms with Gasteiger partial charge in [0.05, 0.1) is 11.7 Å². The van der Waals surface area contributed by atoms with Crippen LogP contribution in [-0.2, 0) is 0 Å². The summed E-state index contributed by atoms with van der Waals surface area (Å²) in [6.45, 7) is 14.7. The lowest BCUT2D eigenvalue weighted by molar-refractivity contribution is 0.318. The highest BCUT2D eigenvalue weighted by Crippen LogP contribution is 2.49. The fraction of sp³-hybridized carbons (Fsp3) is 0.524. The Morgan fingerprint density at radius 1 is 1.15 bits per heavy atom. The molecule has 3 atom stereocenters. The fourth-order valence-electron chi connectivity index (χ4n) is 4.67. The average molecular weight is 369 g/mol. The van der Waals surface area contributed by atoms with Crippen LogP contribution >= 0.6 is 11.8 Å². The van der Waals surface area contributed by atoms with Gasteiger partial charge in [0.2, 0.25) is 0 Å². The lowest BCUT2D eigenvalue weighted by atomic mass is 9.93. The summed E-state index contributed by atoms with van der Waals surface area (Å²) >= 11 is 1.90. The zero-order chi connectivity index (χ0) is 18.6. The summed E-state index contributed by atoms with van der Waals surface area (Å²) in [6, 6.07) is 6.96. The molecule has 0 saturated carbocycles.